The van der Waals surface area contributed by atoms with E-state index in [1.165, 1.54) is 5.56 Å². The van der Waals surface area contributed by atoms with Crippen LogP contribution in [-0.4, -0.2) is 31.7 Å². The molecular weight excluding hydrogens is 484 g/mol. The van der Waals surface area contributed by atoms with Crippen molar-refractivity contribution in [2.45, 2.75) is 22.9 Å². The van der Waals surface area contributed by atoms with Crippen molar-refractivity contribution in [1.82, 2.24) is 10.3 Å². The summed E-state index contributed by atoms with van der Waals surface area (Å²) in [7, 11) is 3.23. The Morgan fingerprint density at radius 1 is 1.10 bits per heavy atom. The second-order valence-corrected chi connectivity index (χ2v) is 9.48. The molecule has 3 aromatic rings. The van der Waals surface area contributed by atoms with E-state index in [4.69, 9.17) is 9.47 Å². The smallest absolute Gasteiger partial charge is 0.226 e. The number of aromatic nitrogens is 1. The number of benzene rings is 2. The molecule has 158 valence electrons. The monoisotopic (exact) mass is 506 g/mol. The number of ether oxygens (including phenoxy) is 2. The molecular formula is C22H23BrN2O3S2. The minimum absolute atomic E-state index is 0.0229. The highest BCUT2D eigenvalue weighted by Crippen LogP contribution is 2.28. The van der Waals surface area contributed by atoms with Gasteiger partial charge in [0, 0.05) is 22.2 Å². The first-order valence-electron chi connectivity index (χ1n) is 9.36. The van der Waals surface area contributed by atoms with Crippen LogP contribution in [0.3, 0.4) is 0 Å². The van der Waals surface area contributed by atoms with E-state index in [0.717, 1.165) is 32.2 Å². The molecule has 1 aromatic heterocycles. The van der Waals surface area contributed by atoms with Crippen molar-refractivity contribution in [3.05, 3.63) is 69.1 Å². The van der Waals surface area contributed by atoms with Crippen LogP contribution >= 0.6 is 39.0 Å². The van der Waals surface area contributed by atoms with E-state index in [1.807, 2.05) is 35.7 Å². The van der Waals surface area contributed by atoms with Gasteiger partial charge < -0.3 is 14.8 Å². The lowest BCUT2D eigenvalue weighted by atomic mass is 10.1. The third kappa shape index (κ3) is 6.75. The predicted molar refractivity (Wildman–Crippen MR) is 126 cm³/mol. The Balaban J connectivity index is 1.42. The molecule has 0 unspecified atom stereocenters. The molecule has 8 heteroatoms. The number of hydrogen-bond donors (Lipinski definition) is 1. The van der Waals surface area contributed by atoms with Crippen LogP contribution in [-0.2, 0) is 23.4 Å². The zero-order valence-corrected chi connectivity index (χ0v) is 20.0. The predicted octanol–water partition coefficient (Wildman–Crippen LogP) is 5.12. The quantitative estimate of drug-likeness (QED) is 0.386. The molecule has 2 aromatic carbocycles. The van der Waals surface area contributed by atoms with E-state index in [1.54, 1.807) is 37.3 Å². The summed E-state index contributed by atoms with van der Waals surface area (Å²) in [5, 5.41) is 4.92. The Morgan fingerprint density at radius 3 is 2.57 bits per heavy atom. The third-order valence-corrected chi connectivity index (χ3v) is 7.00. The summed E-state index contributed by atoms with van der Waals surface area (Å²) in [5.41, 5.74) is 3.13. The molecule has 0 radical (unpaired) electrons. The maximum absolute atomic E-state index is 12.2. The van der Waals surface area contributed by atoms with Gasteiger partial charge in [-0.15, -0.1) is 11.3 Å². The van der Waals surface area contributed by atoms with Crippen molar-refractivity contribution in [3.8, 4) is 11.5 Å². The summed E-state index contributed by atoms with van der Waals surface area (Å²) in [6.07, 6.45) is 1.01. The highest BCUT2D eigenvalue weighted by atomic mass is 79.9. The normalized spacial score (nSPS) is 10.6. The summed E-state index contributed by atoms with van der Waals surface area (Å²) in [6, 6.07) is 14.0. The molecule has 0 fully saturated rings. The maximum atomic E-state index is 12.2. The van der Waals surface area contributed by atoms with Crippen LogP contribution in [0.25, 0.3) is 0 Å². The van der Waals surface area contributed by atoms with Crippen LogP contribution < -0.4 is 14.8 Å². The number of hydrogen-bond acceptors (Lipinski definition) is 6. The zero-order valence-electron chi connectivity index (χ0n) is 16.8. The first kappa shape index (κ1) is 22.7. The molecule has 1 heterocycles. The first-order chi connectivity index (χ1) is 14.6. The lowest BCUT2D eigenvalue weighted by Gasteiger charge is -2.10. The van der Waals surface area contributed by atoms with Gasteiger partial charge in [0.2, 0.25) is 5.91 Å². The molecule has 5 nitrogen and oxygen atoms in total. The summed E-state index contributed by atoms with van der Waals surface area (Å²) in [6.45, 7) is 0.559. The standard InChI is InChI=1S/C22H23BrN2O3S2/c1-27-19-8-5-15(11-20(19)28-2)9-10-24-21(26)12-18-14-30-22(25-18)29-13-16-3-6-17(23)7-4-16/h3-8,11,14H,9-10,12-13H2,1-2H3,(H,24,26). The topological polar surface area (TPSA) is 60.5 Å². The second kappa shape index (κ2) is 11.4. The molecule has 0 aliphatic rings. The summed E-state index contributed by atoms with van der Waals surface area (Å²) in [5.74, 6) is 2.22. The van der Waals surface area contributed by atoms with Gasteiger partial charge in [0.05, 0.1) is 26.3 Å². The van der Waals surface area contributed by atoms with Gasteiger partial charge in [-0.3, -0.25) is 4.79 Å². The number of halogens is 1. The number of nitrogens with one attached hydrogen (secondary N) is 1. The van der Waals surface area contributed by atoms with Gasteiger partial charge in [0.25, 0.3) is 0 Å². The van der Waals surface area contributed by atoms with E-state index in [-0.39, 0.29) is 5.91 Å². The molecule has 0 saturated carbocycles. The van der Waals surface area contributed by atoms with Gasteiger partial charge in [-0.25, -0.2) is 4.98 Å². The van der Waals surface area contributed by atoms with Crippen molar-refractivity contribution in [2.24, 2.45) is 0 Å². The van der Waals surface area contributed by atoms with Crippen molar-refractivity contribution in [2.75, 3.05) is 20.8 Å². The molecule has 0 aliphatic heterocycles. The Morgan fingerprint density at radius 2 is 1.83 bits per heavy atom. The number of amides is 1. The van der Waals surface area contributed by atoms with Gasteiger partial charge in [-0.05, 0) is 41.8 Å². The summed E-state index contributed by atoms with van der Waals surface area (Å²) in [4.78, 5) is 16.8. The van der Waals surface area contributed by atoms with Crippen LogP contribution in [0, 0.1) is 0 Å². The van der Waals surface area contributed by atoms with E-state index in [2.05, 4.69) is 38.4 Å². The maximum Gasteiger partial charge on any atom is 0.226 e. The number of rotatable bonds is 10. The lowest BCUT2D eigenvalue weighted by Crippen LogP contribution is -2.27. The van der Waals surface area contributed by atoms with Crippen LogP contribution in [0.1, 0.15) is 16.8 Å². The molecule has 1 amide bonds. The molecule has 0 bridgehead atoms. The highest BCUT2D eigenvalue weighted by Gasteiger charge is 2.09. The van der Waals surface area contributed by atoms with Crippen molar-refractivity contribution >= 4 is 44.9 Å². The largest absolute Gasteiger partial charge is 0.493 e. The number of carbonyl (C=O) groups excluding carboxylic acids is 1. The number of thiazole rings is 1. The van der Waals surface area contributed by atoms with Crippen molar-refractivity contribution in [3.63, 3.8) is 0 Å². The van der Waals surface area contributed by atoms with E-state index in [0.29, 0.717) is 24.5 Å². The number of carbonyl (C=O) groups is 1. The van der Waals surface area contributed by atoms with Gasteiger partial charge in [-0.2, -0.15) is 0 Å². The molecule has 0 aliphatic carbocycles. The lowest BCUT2D eigenvalue weighted by molar-refractivity contribution is -0.120. The van der Waals surface area contributed by atoms with E-state index < -0.39 is 0 Å². The van der Waals surface area contributed by atoms with Gasteiger partial charge in [0.15, 0.2) is 11.5 Å². The number of methoxy groups -OCH3 is 2. The summed E-state index contributed by atoms with van der Waals surface area (Å²) >= 11 is 6.71. The van der Waals surface area contributed by atoms with Crippen molar-refractivity contribution in [1.29, 1.82) is 0 Å². The molecule has 3 rings (SSSR count). The van der Waals surface area contributed by atoms with E-state index >= 15 is 0 Å². The fraction of sp³-hybridized carbons (Fsp3) is 0.273. The molecule has 1 N–H and O–H groups in total. The van der Waals surface area contributed by atoms with Crippen LogP contribution in [0.2, 0.25) is 0 Å². The first-order valence-corrected chi connectivity index (χ1v) is 12.0. The minimum atomic E-state index is -0.0229. The SMILES string of the molecule is COc1ccc(CCNC(=O)Cc2csc(SCc3ccc(Br)cc3)n2)cc1OC. The van der Waals surface area contributed by atoms with Gasteiger partial charge in [0.1, 0.15) is 4.34 Å². The van der Waals surface area contributed by atoms with Crippen molar-refractivity contribution < 1.29 is 14.3 Å². The summed E-state index contributed by atoms with van der Waals surface area (Å²) < 4.78 is 12.6. The Hall–Kier alpha value is -2.03. The van der Waals surface area contributed by atoms with Gasteiger partial charge in [-0.1, -0.05) is 45.9 Å². The fourth-order valence-corrected chi connectivity index (χ4v) is 4.84. The Kier molecular flexibility index (Phi) is 8.60. The van der Waals surface area contributed by atoms with E-state index in [9.17, 15) is 4.79 Å². The average molecular weight is 507 g/mol. The average Bonchev–Trinajstić information content (AvgIpc) is 3.20. The number of nitrogens with zero attached hydrogens (tertiary/aromatic N) is 1. The Bertz CT molecular complexity index is 977. The fourth-order valence-electron chi connectivity index (χ4n) is 2.77. The second-order valence-electron chi connectivity index (χ2n) is 6.49. The number of thioether (sulfide) groups is 1. The molecule has 0 spiro atoms. The third-order valence-electron chi connectivity index (χ3n) is 4.33. The highest BCUT2D eigenvalue weighted by molar-refractivity contribution is 9.10. The van der Waals surface area contributed by atoms with Crippen LogP contribution in [0.15, 0.2) is 56.7 Å². The van der Waals surface area contributed by atoms with Gasteiger partial charge >= 0.3 is 0 Å². The van der Waals surface area contributed by atoms with Crippen LogP contribution in [0.5, 0.6) is 11.5 Å². The minimum Gasteiger partial charge on any atom is -0.493 e. The molecule has 0 saturated heterocycles. The van der Waals surface area contributed by atoms with Crippen LogP contribution in [0.4, 0.5) is 0 Å². The Labute approximate surface area is 193 Å². The zero-order chi connectivity index (χ0) is 21.3. The molecule has 30 heavy (non-hydrogen) atoms. The molecule has 0 atom stereocenters.